The second-order valence-corrected chi connectivity index (χ2v) is 4.30. The Morgan fingerprint density at radius 3 is 2.88 bits per heavy atom. The highest BCUT2D eigenvalue weighted by molar-refractivity contribution is 7.93. The molecular weight excluding hydrogens is 226 g/mol. The lowest BCUT2D eigenvalue weighted by atomic mass is 10.2. The van der Waals surface area contributed by atoms with Gasteiger partial charge in [-0.3, -0.25) is 4.79 Å². The van der Waals surface area contributed by atoms with E-state index in [0.717, 1.165) is 36.3 Å². The van der Waals surface area contributed by atoms with Gasteiger partial charge >= 0.3 is 5.97 Å². The van der Waals surface area contributed by atoms with Gasteiger partial charge in [0, 0.05) is 30.7 Å². The number of aromatic nitrogens is 1. The van der Waals surface area contributed by atoms with E-state index in [1.54, 1.807) is 0 Å². The quantitative estimate of drug-likeness (QED) is 0.451. The van der Waals surface area contributed by atoms with Crippen molar-refractivity contribution in [2.45, 2.75) is 26.3 Å². The van der Waals surface area contributed by atoms with Gasteiger partial charge in [-0.2, -0.15) is 0 Å². The number of carboxylic acids is 1. The van der Waals surface area contributed by atoms with Crippen LogP contribution in [-0.2, 0) is 17.8 Å². The molecule has 5 heteroatoms. The maximum atomic E-state index is 10.6. The number of carbonyl (C=O) groups is 1. The molecule has 0 aliphatic heterocycles. The monoisotopic (exact) mass is 242 g/mol. The molecule has 1 aromatic rings. The van der Waals surface area contributed by atoms with Crippen LogP contribution in [0.5, 0.6) is 0 Å². The molecule has 0 unspecified atom stereocenters. The maximum Gasteiger partial charge on any atom is 0.308 e. The van der Waals surface area contributed by atoms with Crippen LogP contribution in [0.15, 0.2) is 18.3 Å². The first-order valence-electron chi connectivity index (χ1n) is 5.10. The number of hydrogen-bond donors (Lipinski definition) is 2. The van der Waals surface area contributed by atoms with Gasteiger partial charge in [-0.15, -0.1) is 0 Å². The molecule has 0 bridgehead atoms. The van der Waals surface area contributed by atoms with Gasteiger partial charge in [0.2, 0.25) is 0 Å². The largest absolute Gasteiger partial charge is 0.481 e. The first-order chi connectivity index (χ1) is 7.63. The second kappa shape index (κ2) is 6.50. The van der Waals surface area contributed by atoms with Gasteiger partial charge in [-0.05, 0) is 18.1 Å². The lowest BCUT2D eigenvalue weighted by molar-refractivity contribution is -0.703. The van der Waals surface area contributed by atoms with E-state index in [1.807, 2.05) is 29.8 Å². The lowest BCUT2D eigenvalue weighted by Crippen LogP contribution is -2.37. The summed E-state index contributed by atoms with van der Waals surface area (Å²) in [6, 6.07) is 3.76. The van der Waals surface area contributed by atoms with Crippen LogP contribution in [-0.4, -0.2) is 21.4 Å². The third-order valence-electron chi connectivity index (χ3n) is 2.30. The molecule has 4 nitrogen and oxygen atoms in total. The Balaban J connectivity index is 2.70. The highest BCUT2D eigenvalue weighted by Crippen LogP contribution is 2.01. The van der Waals surface area contributed by atoms with Gasteiger partial charge in [0.1, 0.15) is 6.54 Å². The normalized spacial score (nSPS) is 10.4. The average molecular weight is 242 g/mol. The summed E-state index contributed by atoms with van der Waals surface area (Å²) in [6.45, 7) is 2.78. The summed E-state index contributed by atoms with van der Waals surface area (Å²) in [5.41, 5.74) is 1.90. The van der Waals surface area contributed by atoms with Crippen molar-refractivity contribution in [3.63, 3.8) is 0 Å². The van der Waals surface area contributed by atoms with Gasteiger partial charge in [0.05, 0.1) is 6.42 Å². The molecule has 1 heterocycles. The van der Waals surface area contributed by atoms with E-state index in [4.69, 9.17) is 9.66 Å². The molecule has 0 aliphatic carbocycles. The van der Waals surface area contributed by atoms with E-state index in [1.165, 1.54) is 0 Å². The van der Waals surface area contributed by atoms with Crippen molar-refractivity contribution in [3.05, 3.63) is 29.6 Å². The highest BCUT2D eigenvalue weighted by Gasteiger charge is 2.09. The number of pyridine rings is 1. The van der Waals surface area contributed by atoms with E-state index >= 15 is 0 Å². The molecule has 2 N–H and O–H groups in total. The van der Waals surface area contributed by atoms with Gasteiger partial charge in [0.15, 0.2) is 11.9 Å². The summed E-state index contributed by atoms with van der Waals surface area (Å²) in [7, 11) is 0. The first kappa shape index (κ1) is 13.0. The second-order valence-electron chi connectivity index (χ2n) is 3.63. The Bertz CT molecular complexity index is 368. The van der Waals surface area contributed by atoms with Crippen LogP contribution in [0.25, 0.3) is 0 Å². The third-order valence-corrected chi connectivity index (χ3v) is 2.77. The smallest absolute Gasteiger partial charge is 0.308 e. The summed E-state index contributed by atoms with van der Waals surface area (Å²) >= 11 is 0.834. The van der Waals surface area contributed by atoms with Crippen LogP contribution >= 0.6 is 12.0 Å². The molecule has 0 amide bonds. The minimum Gasteiger partial charge on any atom is -0.481 e. The summed E-state index contributed by atoms with van der Waals surface area (Å²) in [5.74, 6) is -0.128. The fourth-order valence-corrected chi connectivity index (χ4v) is 1.75. The van der Waals surface area contributed by atoms with Crippen LogP contribution in [0.2, 0.25) is 0 Å². The summed E-state index contributed by atoms with van der Waals surface area (Å²) in [4.78, 5) is 10.6. The van der Waals surface area contributed by atoms with Crippen molar-refractivity contribution in [1.29, 1.82) is 0 Å². The van der Waals surface area contributed by atoms with Crippen LogP contribution in [0.1, 0.15) is 17.7 Å². The molecule has 0 aliphatic rings. The summed E-state index contributed by atoms with van der Waals surface area (Å²) in [5, 5.41) is 8.70. The maximum absolute atomic E-state index is 10.6. The number of hydrogen-bond acceptors (Lipinski definition) is 3. The lowest BCUT2D eigenvalue weighted by Gasteiger charge is -2.02. The Morgan fingerprint density at radius 1 is 1.50 bits per heavy atom. The van der Waals surface area contributed by atoms with E-state index in [2.05, 4.69) is 0 Å². The molecule has 0 aromatic carbocycles. The molecule has 0 radical (unpaired) electrons. The van der Waals surface area contributed by atoms with E-state index in [-0.39, 0.29) is 6.42 Å². The molecule has 16 heavy (non-hydrogen) atoms. The van der Waals surface area contributed by atoms with Crippen LogP contribution in [0.3, 0.4) is 0 Å². The standard InChI is InChI=1S/C11H15NO3S/c1-9-3-4-10(7-11(13)14)8-12(9)5-2-6-16-15/h3-4,8H,2,5-7H2,1H3,(H-,13,14,15)/p+1. The summed E-state index contributed by atoms with van der Waals surface area (Å²) < 4.78 is 10.6. The fraction of sp³-hybridized carbons (Fsp3) is 0.455. The van der Waals surface area contributed by atoms with Crippen molar-refractivity contribution in [1.82, 2.24) is 0 Å². The third kappa shape index (κ3) is 4.20. The predicted molar refractivity (Wildman–Crippen MR) is 62.4 cm³/mol. The molecule has 1 aromatic heterocycles. The SMILES string of the molecule is Cc1ccc(CC(=O)O)c[n+]1CCCSO. The Morgan fingerprint density at radius 2 is 2.25 bits per heavy atom. The van der Waals surface area contributed by atoms with Crippen molar-refractivity contribution >= 4 is 18.0 Å². The number of rotatable bonds is 6. The zero-order valence-corrected chi connectivity index (χ0v) is 10.0. The predicted octanol–water partition coefficient (Wildman–Crippen LogP) is 1.51. The van der Waals surface area contributed by atoms with E-state index in [9.17, 15) is 4.79 Å². The van der Waals surface area contributed by atoms with Gasteiger partial charge in [-0.1, -0.05) is 0 Å². The zero-order chi connectivity index (χ0) is 12.0. The molecule has 1 rings (SSSR count). The molecule has 0 fully saturated rings. The Kier molecular flexibility index (Phi) is 5.28. The van der Waals surface area contributed by atoms with Crippen molar-refractivity contribution in [2.75, 3.05) is 5.75 Å². The number of aryl methyl sites for hydroxylation is 2. The van der Waals surface area contributed by atoms with Gasteiger partial charge in [-0.25, -0.2) is 4.57 Å². The van der Waals surface area contributed by atoms with Crippen LogP contribution < -0.4 is 4.57 Å². The van der Waals surface area contributed by atoms with Crippen molar-refractivity contribution < 1.29 is 19.0 Å². The van der Waals surface area contributed by atoms with Crippen LogP contribution in [0, 0.1) is 6.92 Å². The molecular formula is C11H16NO3S+. The minimum absolute atomic E-state index is 0.0506. The first-order valence-corrected chi connectivity index (χ1v) is 6.05. The Labute approximate surface area is 99.1 Å². The summed E-state index contributed by atoms with van der Waals surface area (Å²) in [6.07, 6.45) is 2.78. The molecule has 88 valence electrons. The topological polar surface area (TPSA) is 61.4 Å². The highest BCUT2D eigenvalue weighted by atomic mass is 32.2. The molecule has 0 atom stereocenters. The van der Waals surface area contributed by atoms with Gasteiger partial charge in [0.25, 0.3) is 0 Å². The van der Waals surface area contributed by atoms with E-state index in [0.29, 0.717) is 5.75 Å². The minimum atomic E-state index is -0.818. The molecule has 0 saturated carbocycles. The number of carboxylic acid groups (broad SMARTS) is 1. The fourth-order valence-electron chi connectivity index (χ4n) is 1.49. The van der Waals surface area contributed by atoms with Crippen LogP contribution in [0.4, 0.5) is 0 Å². The Hall–Kier alpha value is -1.07. The average Bonchev–Trinajstić information content (AvgIpc) is 2.22. The van der Waals surface area contributed by atoms with E-state index < -0.39 is 5.97 Å². The zero-order valence-electron chi connectivity index (χ0n) is 9.22. The molecule has 0 saturated heterocycles. The van der Waals surface area contributed by atoms with Gasteiger partial charge < -0.3 is 9.66 Å². The number of aliphatic carboxylic acids is 1. The number of nitrogens with zero attached hydrogens (tertiary/aromatic N) is 1. The molecule has 0 spiro atoms. The van der Waals surface area contributed by atoms with Crippen molar-refractivity contribution in [3.8, 4) is 0 Å². The van der Waals surface area contributed by atoms with Crippen molar-refractivity contribution in [2.24, 2.45) is 0 Å².